The summed E-state index contributed by atoms with van der Waals surface area (Å²) in [5.74, 6) is 0. The molecule has 0 spiro atoms. The molecule has 0 N–H and O–H groups in total. The van der Waals surface area contributed by atoms with Crippen molar-refractivity contribution in [3.05, 3.63) is 51.3 Å². The molecule has 0 nitrogen and oxygen atoms in total. The molecule has 0 fully saturated rings. The second-order valence-corrected chi connectivity index (χ2v) is 1.15. The topological polar surface area (TPSA) is 0 Å². The Morgan fingerprint density at radius 3 is 0.667 bits per heavy atom. The minimum absolute atomic E-state index is 0. The third-order valence-electron chi connectivity index (χ3n) is 0.667. The van der Waals surface area contributed by atoms with Crippen molar-refractivity contribution in [2.24, 2.45) is 0 Å². The van der Waals surface area contributed by atoms with Crippen molar-refractivity contribution in [2.75, 3.05) is 0 Å². The first kappa shape index (κ1) is 29.2. The van der Waals surface area contributed by atoms with Gasteiger partial charge < -0.3 is 14.9 Å². The smallest absolute Gasteiger partial charge is 0 e. The average molecular weight is 316 g/mol. The van der Waals surface area contributed by atoms with Gasteiger partial charge in [-0.2, -0.15) is 0 Å². The summed E-state index contributed by atoms with van der Waals surface area (Å²) in [5.41, 5.74) is 0. The van der Waals surface area contributed by atoms with Gasteiger partial charge in [0.15, 0.2) is 0 Å². The molecule has 0 aliphatic heterocycles. The van der Waals surface area contributed by atoms with Crippen LogP contribution >= 0.6 is 0 Å². The largest absolute Gasteiger partial charge is 0.358 e. The first-order valence-corrected chi connectivity index (χ1v) is 3.00. The van der Waals surface area contributed by atoms with Gasteiger partial charge in [-0.15, -0.1) is 0 Å². The van der Waals surface area contributed by atoms with E-state index < -0.39 is 0 Å². The molecule has 1 aromatic rings. The Balaban J connectivity index is -0.0000000257. The Kier molecular flexibility index (Phi) is 71.6. The van der Waals surface area contributed by atoms with Crippen molar-refractivity contribution >= 4 is 0 Å². The van der Waals surface area contributed by atoms with Crippen molar-refractivity contribution in [1.29, 1.82) is 0 Å². The van der Waals surface area contributed by atoms with Gasteiger partial charge in [-0.25, -0.2) is 0 Å². The van der Waals surface area contributed by atoms with E-state index in [1.165, 1.54) is 0 Å². The molecule has 0 saturated heterocycles. The van der Waals surface area contributed by atoms with E-state index in [-0.39, 0.29) is 80.3 Å². The molecule has 0 aromatic heterocycles. The summed E-state index contributed by atoms with van der Waals surface area (Å²) < 4.78 is 0. The van der Waals surface area contributed by atoms with Crippen molar-refractivity contribution in [3.63, 3.8) is 0 Å². The number of benzene rings is 1. The first-order valence-electron chi connectivity index (χ1n) is 3.00. The molecule has 66 valence electrons. The quantitative estimate of drug-likeness (QED) is 0.642. The van der Waals surface area contributed by atoms with Crippen LogP contribution in [-0.2, 0) is 65.4 Å². The maximum Gasteiger partial charge on any atom is 0 e. The third-order valence-corrected chi connectivity index (χ3v) is 0.667. The predicted molar refractivity (Wildman–Crippen MR) is 50.6 cm³/mol. The van der Waals surface area contributed by atoms with E-state index in [4.69, 9.17) is 0 Å². The van der Waals surface area contributed by atoms with Gasteiger partial charge in [0.2, 0.25) is 0 Å². The van der Waals surface area contributed by atoms with Crippen LogP contribution in [0, 0.1) is 14.9 Å². The summed E-state index contributed by atoms with van der Waals surface area (Å²) in [4.78, 5) is 0. The Bertz CT molecular complexity index is 79.8. The van der Waals surface area contributed by atoms with Gasteiger partial charge in [0, 0.05) is 65.4 Å². The summed E-state index contributed by atoms with van der Waals surface area (Å²) in [5, 5.41) is 0. The molecule has 1 aromatic carbocycles. The number of rotatable bonds is 0. The molecule has 0 amide bonds. The fourth-order valence-corrected chi connectivity index (χ4v) is 0.385. The molecule has 2 radical (unpaired) electrons. The Hall–Kier alpha value is 1.43. The van der Waals surface area contributed by atoms with E-state index in [2.05, 4.69) is 0 Å². The standard InChI is InChI=1S/C6H6.C2H6.2CH3.2Y/c1-2-4-6-5-3-1;1-2;;;;/h1-6H;1-2H3;2*1H3;;/q;;2*-1;;. The van der Waals surface area contributed by atoms with Gasteiger partial charge in [-0.1, -0.05) is 50.2 Å². The van der Waals surface area contributed by atoms with E-state index in [0.717, 1.165) is 0 Å². The van der Waals surface area contributed by atoms with Crippen LogP contribution in [0.15, 0.2) is 36.4 Å². The van der Waals surface area contributed by atoms with Crippen LogP contribution in [-0.4, -0.2) is 0 Å². The first-order chi connectivity index (χ1) is 4.00. The SMILES string of the molecule is CC.[CH3-].[CH3-].[Y].[Y].c1ccccc1. The van der Waals surface area contributed by atoms with Crippen LogP contribution in [0.2, 0.25) is 0 Å². The van der Waals surface area contributed by atoms with E-state index in [9.17, 15) is 0 Å². The maximum atomic E-state index is 2.00. The van der Waals surface area contributed by atoms with Gasteiger partial charge in [0.05, 0.1) is 0 Å². The molecule has 0 bridgehead atoms. The Morgan fingerprint density at radius 2 is 0.583 bits per heavy atom. The van der Waals surface area contributed by atoms with Crippen LogP contribution < -0.4 is 0 Å². The minimum Gasteiger partial charge on any atom is -0.358 e. The van der Waals surface area contributed by atoms with Crippen LogP contribution in [0.5, 0.6) is 0 Å². The fraction of sp³-hybridized carbons (Fsp3) is 0.200. The molecule has 0 heterocycles. The molecule has 0 aliphatic carbocycles. The monoisotopic (exact) mass is 316 g/mol. The number of hydrogen-bond donors (Lipinski definition) is 0. The molecule has 2 heteroatoms. The molecule has 1 rings (SSSR count). The molecule has 12 heavy (non-hydrogen) atoms. The van der Waals surface area contributed by atoms with Crippen molar-refractivity contribution < 1.29 is 65.4 Å². The third kappa shape index (κ3) is 22.5. The molecule has 0 unspecified atom stereocenters. The second kappa shape index (κ2) is 29.4. The summed E-state index contributed by atoms with van der Waals surface area (Å²) in [6, 6.07) is 12.0. The molecule has 0 atom stereocenters. The second-order valence-electron chi connectivity index (χ2n) is 1.15. The van der Waals surface area contributed by atoms with Gasteiger partial charge in [-0.05, 0) is 0 Å². The van der Waals surface area contributed by atoms with Gasteiger partial charge in [0.1, 0.15) is 0 Å². The van der Waals surface area contributed by atoms with E-state index >= 15 is 0 Å². The molecular formula is C10H18Y2-2. The zero-order chi connectivity index (χ0) is 6.24. The average Bonchev–Trinajstić information content (AvgIpc) is 1.96. The van der Waals surface area contributed by atoms with Crippen molar-refractivity contribution in [3.8, 4) is 0 Å². The molecule has 0 saturated carbocycles. The molecular weight excluding hydrogens is 298 g/mol. The van der Waals surface area contributed by atoms with Crippen LogP contribution in [0.1, 0.15) is 13.8 Å². The van der Waals surface area contributed by atoms with E-state index in [1.807, 2.05) is 50.2 Å². The van der Waals surface area contributed by atoms with Crippen molar-refractivity contribution in [1.82, 2.24) is 0 Å². The molecule has 0 aliphatic rings. The van der Waals surface area contributed by atoms with E-state index in [1.54, 1.807) is 0 Å². The van der Waals surface area contributed by atoms with Gasteiger partial charge >= 0.3 is 0 Å². The van der Waals surface area contributed by atoms with Crippen LogP contribution in [0.4, 0.5) is 0 Å². The van der Waals surface area contributed by atoms with E-state index in [0.29, 0.717) is 0 Å². The van der Waals surface area contributed by atoms with Crippen LogP contribution in [0.25, 0.3) is 0 Å². The number of hydrogen-bond acceptors (Lipinski definition) is 0. The van der Waals surface area contributed by atoms with Gasteiger partial charge in [-0.3, -0.25) is 0 Å². The van der Waals surface area contributed by atoms with Crippen molar-refractivity contribution in [2.45, 2.75) is 13.8 Å². The zero-order valence-corrected chi connectivity index (χ0v) is 14.3. The fourth-order valence-electron chi connectivity index (χ4n) is 0.385. The summed E-state index contributed by atoms with van der Waals surface area (Å²) >= 11 is 0. The summed E-state index contributed by atoms with van der Waals surface area (Å²) in [7, 11) is 0. The van der Waals surface area contributed by atoms with Crippen LogP contribution in [0.3, 0.4) is 0 Å². The summed E-state index contributed by atoms with van der Waals surface area (Å²) in [6.45, 7) is 4.00. The minimum atomic E-state index is 0. The Labute approximate surface area is 129 Å². The zero-order valence-electron chi connectivity index (χ0n) is 8.62. The summed E-state index contributed by atoms with van der Waals surface area (Å²) in [6.07, 6.45) is 0. The maximum absolute atomic E-state index is 2.00. The Morgan fingerprint density at radius 1 is 0.500 bits per heavy atom. The predicted octanol–water partition coefficient (Wildman–Crippen LogP) is 3.61. The normalized spacial score (nSPS) is 4.50. The van der Waals surface area contributed by atoms with Gasteiger partial charge in [0.25, 0.3) is 0 Å².